The van der Waals surface area contributed by atoms with Crippen LogP contribution in [0.1, 0.15) is 39.0 Å². The van der Waals surface area contributed by atoms with Gasteiger partial charge in [0.05, 0.1) is 6.67 Å². The molecule has 1 radical (unpaired) electrons. The second kappa shape index (κ2) is 7.93. The lowest BCUT2D eigenvalue weighted by Crippen LogP contribution is -1.79. The molecule has 0 unspecified atom stereocenters. The smallest absolute Gasteiger partial charge is 0.0894 e. The molecule has 0 aromatic carbocycles. The Morgan fingerprint density at radius 3 is 2.56 bits per heavy atom. The van der Waals surface area contributed by atoms with Crippen molar-refractivity contribution in [2.75, 3.05) is 6.67 Å². The summed E-state index contributed by atoms with van der Waals surface area (Å²) in [5.41, 5.74) is 0. The fraction of sp³-hybridized carbons (Fsp3) is 0.875. The SMILES string of the molecule is CCC[CH]CCCCF. The summed E-state index contributed by atoms with van der Waals surface area (Å²) in [4.78, 5) is 0. The van der Waals surface area contributed by atoms with Gasteiger partial charge >= 0.3 is 0 Å². The van der Waals surface area contributed by atoms with Crippen LogP contribution in [0, 0.1) is 6.42 Å². The number of hydrogen-bond acceptors (Lipinski definition) is 0. The summed E-state index contributed by atoms with van der Waals surface area (Å²) < 4.78 is 11.5. The van der Waals surface area contributed by atoms with Gasteiger partial charge in [-0.25, -0.2) is 0 Å². The number of unbranched alkanes of at least 4 members (excludes halogenated alkanes) is 5. The first-order valence-corrected chi connectivity index (χ1v) is 3.79. The van der Waals surface area contributed by atoms with Gasteiger partial charge in [0.15, 0.2) is 0 Å². The van der Waals surface area contributed by atoms with Gasteiger partial charge in [-0.05, 0) is 12.8 Å². The Hall–Kier alpha value is -0.0700. The van der Waals surface area contributed by atoms with Crippen LogP contribution in [0.5, 0.6) is 0 Å². The molecule has 0 aromatic rings. The van der Waals surface area contributed by atoms with Crippen molar-refractivity contribution in [2.24, 2.45) is 0 Å². The third-order valence-corrected chi connectivity index (χ3v) is 1.28. The van der Waals surface area contributed by atoms with Crippen molar-refractivity contribution in [1.29, 1.82) is 0 Å². The molecule has 0 spiro atoms. The summed E-state index contributed by atoms with van der Waals surface area (Å²) in [6, 6.07) is 0. The van der Waals surface area contributed by atoms with Crippen LogP contribution in [-0.4, -0.2) is 6.67 Å². The molecule has 0 aliphatic carbocycles. The minimum absolute atomic E-state index is 0.153. The van der Waals surface area contributed by atoms with Gasteiger partial charge in [-0.15, -0.1) is 0 Å². The molecule has 0 atom stereocenters. The Kier molecular flexibility index (Phi) is 7.87. The van der Waals surface area contributed by atoms with Crippen LogP contribution >= 0.6 is 0 Å². The van der Waals surface area contributed by atoms with Gasteiger partial charge < -0.3 is 0 Å². The Labute approximate surface area is 57.5 Å². The van der Waals surface area contributed by atoms with Crippen molar-refractivity contribution >= 4 is 0 Å². The van der Waals surface area contributed by atoms with Crippen molar-refractivity contribution in [3.8, 4) is 0 Å². The monoisotopic (exact) mass is 131 g/mol. The largest absolute Gasteiger partial charge is 0.251 e. The van der Waals surface area contributed by atoms with E-state index in [1.807, 2.05) is 0 Å². The first-order chi connectivity index (χ1) is 4.41. The van der Waals surface area contributed by atoms with Gasteiger partial charge in [0.25, 0.3) is 0 Å². The summed E-state index contributed by atoms with van der Waals surface area (Å²) in [7, 11) is 0. The maximum Gasteiger partial charge on any atom is 0.0894 e. The van der Waals surface area contributed by atoms with Crippen LogP contribution in [0.25, 0.3) is 0 Å². The highest BCUT2D eigenvalue weighted by atomic mass is 19.1. The topological polar surface area (TPSA) is 0 Å². The van der Waals surface area contributed by atoms with Gasteiger partial charge in [0.2, 0.25) is 0 Å². The molecule has 0 saturated carbocycles. The van der Waals surface area contributed by atoms with E-state index in [0.29, 0.717) is 0 Å². The van der Waals surface area contributed by atoms with Gasteiger partial charge in [-0.2, -0.15) is 0 Å². The Bertz CT molecular complexity index is 37.8. The molecule has 55 valence electrons. The predicted molar refractivity (Wildman–Crippen MR) is 39.0 cm³/mol. The zero-order valence-electron chi connectivity index (χ0n) is 6.20. The third-order valence-electron chi connectivity index (χ3n) is 1.28. The molecule has 0 rings (SSSR count). The maximum absolute atomic E-state index is 11.5. The van der Waals surface area contributed by atoms with Gasteiger partial charge in [-0.3, -0.25) is 4.39 Å². The maximum atomic E-state index is 11.5. The quantitative estimate of drug-likeness (QED) is 0.486. The molecular formula is C8H16F. The highest BCUT2D eigenvalue weighted by molar-refractivity contribution is 4.62. The van der Waals surface area contributed by atoms with Crippen LogP contribution in [-0.2, 0) is 0 Å². The minimum Gasteiger partial charge on any atom is -0.251 e. The van der Waals surface area contributed by atoms with Crippen molar-refractivity contribution in [2.45, 2.75) is 39.0 Å². The number of rotatable bonds is 6. The van der Waals surface area contributed by atoms with Crippen molar-refractivity contribution < 1.29 is 4.39 Å². The Morgan fingerprint density at radius 2 is 2.00 bits per heavy atom. The van der Waals surface area contributed by atoms with E-state index in [9.17, 15) is 4.39 Å². The minimum atomic E-state index is -0.153. The van der Waals surface area contributed by atoms with E-state index < -0.39 is 0 Å². The fourth-order valence-electron chi connectivity index (χ4n) is 0.732. The van der Waals surface area contributed by atoms with Crippen LogP contribution in [0.15, 0.2) is 0 Å². The Balaban J connectivity index is 2.60. The zero-order valence-corrected chi connectivity index (χ0v) is 6.20. The average molecular weight is 131 g/mol. The second-order valence-electron chi connectivity index (χ2n) is 2.26. The molecule has 0 amide bonds. The first-order valence-electron chi connectivity index (χ1n) is 3.79. The fourth-order valence-corrected chi connectivity index (χ4v) is 0.732. The van der Waals surface area contributed by atoms with E-state index in [2.05, 4.69) is 13.3 Å². The first kappa shape index (κ1) is 8.93. The standard InChI is InChI=1S/C8H16F/c1-2-3-4-5-6-7-8-9/h4H,2-3,5-8H2,1H3. The zero-order chi connectivity index (χ0) is 6.95. The van der Waals surface area contributed by atoms with Crippen LogP contribution in [0.4, 0.5) is 4.39 Å². The highest BCUT2D eigenvalue weighted by Gasteiger charge is 1.87. The highest BCUT2D eigenvalue weighted by Crippen LogP contribution is 2.03. The van der Waals surface area contributed by atoms with E-state index in [-0.39, 0.29) is 6.67 Å². The van der Waals surface area contributed by atoms with Crippen molar-refractivity contribution in [3.63, 3.8) is 0 Å². The van der Waals surface area contributed by atoms with E-state index in [1.54, 1.807) is 0 Å². The molecule has 0 aromatic heterocycles. The molecule has 0 bridgehead atoms. The van der Waals surface area contributed by atoms with Crippen LogP contribution in [0.3, 0.4) is 0 Å². The van der Waals surface area contributed by atoms with Gasteiger partial charge in [0.1, 0.15) is 0 Å². The Morgan fingerprint density at radius 1 is 1.22 bits per heavy atom. The molecule has 0 nitrogen and oxygen atoms in total. The predicted octanol–water partition coefficient (Wildman–Crippen LogP) is 3.13. The lowest BCUT2D eigenvalue weighted by atomic mass is 10.1. The van der Waals surface area contributed by atoms with Crippen molar-refractivity contribution in [1.82, 2.24) is 0 Å². The summed E-state index contributed by atoms with van der Waals surface area (Å²) in [6.45, 7) is 2.01. The molecule has 0 heterocycles. The van der Waals surface area contributed by atoms with E-state index in [1.165, 1.54) is 12.8 Å². The van der Waals surface area contributed by atoms with Crippen LogP contribution in [0.2, 0.25) is 0 Å². The lowest BCUT2D eigenvalue weighted by molar-refractivity contribution is 0.460. The molecule has 0 N–H and O–H groups in total. The molecule has 0 aliphatic rings. The van der Waals surface area contributed by atoms with Gasteiger partial charge in [0, 0.05) is 0 Å². The van der Waals surface area contributed by atoms with E-state index >= 15 is 0 Å². The number of halogens is 1. The molecule has 0 fully saturated rings. The summed E-state index contributed by atoms with van der Waals surface area (Å²) in [5.74, 6) is 0. The van der Waals surface area contributed by atoms with Crippen LogP contribution < -0.4 is 0 Å². The second-order valence-corrected chi connectivity index (χ2v) is 2.26. The normalized spacial score (nSPS) is 10.0. The molecule has 0 aliphatic heterocycles. The third kappa shape index (κ3) is 7.93. The summed E-state index contributed by atoms with van der Waals surface area (Å²) in [6.07, 6.45) is 7.51. The summed E-state index contributed by atoms with van der Waals surface area (Å²) >= 11 is 0. The van der Waals surface area contributed by atoms with E-state index in [0.717, 1.165) is 19.3 Å². The summed E-state index contributed by atoms with van der Waals surface area (Å²) in [5, 5.41) is 0. The van der Waals surface area contributed by atoms with E-state index in [4.69, 9.17) is 0 Å². The lowest BCUT2D eigenvalue weighted by Gasteiger charge is -1.94. The molecule has 1 heteroatoms. The van der Waals surface area contributed by atoms with Gasteiger partial charge in [-0.1, -0.05) is 32.6 Å². The molecule has 0 saturated heterocycles. The number of hydrogen-bond donors (Lipinski definition) is 0. The molecular weight excluding hydrogens is 115 g/mol. The average Bonchev–Trinajstić information content (AvgIpc) is 1.89. The van der Waals surface area contributed by atoms with Crippen molar-refractivity contribution in [3.05, 3.63) is 6.42 Å². The number of alkyl halides is 1. The molecule has 9 heavy (non-hydrogen) atoms.